The van der Waals surface area contributed by atoms with Gasteiger partial charge in [-0.25, -0.2) is 0 Å². The SMILES string of the molecule is CCCc1ccc(NC2CCCCC2C#N)cc1. The van der Waals surface area contributed by atoms with E-state index in [1.807, 2.05) is 0 Å². The maximum Gasteiger partial charge on any atom is 0.0677 e. The number of rotatable bonds is 4. The summed E-state index contributed by atoms with van der Waals surface area (Å²) in [6.07, 6.45) is 6.93. The van der Waals surface area contributed by atoms with Crippen LogP contribution >= 0.6 is 0 Å². The molecule has 1 aromatic carbocycles. The zero-order valence-corrected chi connectivity index (χ0v) is 11.2. The summed E-state index contributed by atoms with van der Waals surface area (Å²) in [7, 11) is 0. The van der Waals surface area contributed by atoms with Crippen LogP contribution in [0, 0.1) is 17.2 Å². The monoisotopic (exact) mass is 242 g/mol. The Kier molecular flexibility index (Phi) is 4.64. The van der Waals surface area contributed by atoms with Crippen LogP contribution in [-0.2, 0) is 6.42 Å². The number of hydrogen-bond donors (Lipinski definition) is 1. The van der Waals surface area contributed by atoms with Crippen LogP contribution in [0.3, 0.4) is 0 Å². The smallest absolute Gasteiger partial charge is 0.0677 e. The van der Waals surface area contributed by atoms with Crippen LogP contribution in [0.5, 0.6) is 0 Å². The highest BCUT2D eigenvalue weighted by Crippen LogP contribution is 2.26. The first-order valence-electron chi connectivity index (χ1n) is 7.08. The highest BCUT2D eigenvalue weighted by molar-refractivity contribution is 5.46. The third-order valence-corrected chi connectivity index (χ3v) is 3.78. The van der Waals surface area contributed by atoms with Gasteiger partial charge in [0.15, 0.2) is 0 Å². The van der Waals surface area contributed by atoms with E-state index in [1.54, 1.807) is 0 Å². The number of hydrogen-bond acceptors (Lipinski definition) is 2. The third kappa shape index (κ3) is 3.26. The van der Waals surface area contributed by atoms with Crippen molar-refractivity contribution in [3.8, 4) is 6.07 Å². The molecule has 0 bridgehead atoms. The molecule has 2 unspecified atom stereocenters. The van der Waals surface area contributed by atoms with Gasteiger partial charge < -0.3 is 5.32 Å². The van der Waals surface area contributed by atoms with E-state index in [0.29, 0.717) is 6.04 Å². The molecule has 2 nitrogen and oxygen atoms in total. The van der Waals surface area contributed by atoms with Crippen LogP contribution in [0.4, 0.5) is 5.69 Å². The lowest BCUT2D eigenvalue weighted by molar-refractivity contribution is 0.389. The van der Waals surface area contributed by atoms with E-state index >= 15 is 0 Å². The van der Waals surface area contributed by atoms with E-state index < -0.39 is 0 Å². The molecular weight excluding hydrogens is 220 g/mol. The van der Waals surface area contributed by atoms with Gasteiger partial charge in [-0.2, -0.15) is 5.26 Å². The molecule has 1 aliphatic carbocycles. The second-order valence-electron chi connectivity index (χ2n) is 5.22. The molecule has 2 rings (SSSR count). The van der Waals surface area contributed by atoms with E-state index in [2.05, 4.69) is 42.6 Å². The van der Waals surface area contributed by atoms with Gasteiger partial charge in [0.1, 0.15) is 0 Å². The first kappa shape index (κ1) is 13.0. The fraction of sp³-hybridized carbons (Fsp3) is 0.562. The molecule has 0 aliphatic heterocycles. The molecule has 1 fully saturated rings. The maximum atomic E-state index is 9.16. The number of aryl methyl sites for hydroxylation is 1. The van der Waals surface area contributed by atoms with Crippen molar-refractivity contribution in [2.75, 3.05) is 5.32 Å². The summed E-state index contributed by atoms with van der Waals surface area (Å²) < 4.78 is 0. The van der Waals surface area contributed by atoms with Crippen molar-refractivity contribution in [3.05, 3.63) is 29.8 Å². The zero-order chi connectivity index (χ0) is 12.8. The summed E-state index contributed by atoms with van der Waals surface area (Å²) in [5.74, 6) is 0.175. The first-order valence-corrected chi connectivity index (χ1v) is 7.08. The van der Waals surface area contributed by atoms with Crippen LogP contribution in [0.2, 0.25) is 0 Å². The average molecular weight is 242 g/mol. The quantitative estimate of drug-likeness (QED) is 0.861. The standard InChI is InChI=1S/C16H22N2/c1-2-5-13-8-10-15(11-9-13)18-16-7-4-3-6-14(16)12-17/h8-11,14,16,18H,2-7H2,1H3. The van der Waals surface area contributed by atoms with Gasteiger partial charge in [0, 0.05) is 11.7 Å². The maximum absolute atomic E-state index is 9.16. The Bertz CT molecular complexity index is 402. The molecule has 2 atom stereocenters. The van der Waals surface area contributed by atoms with Crippen molar-refractivity contribution >= 4 is 5.69 Å². The van der Waals surface area contributed by atoms with Crippen molar-refractivity contribution < 1.29 is 0 Å². The lowest BCUT2D eigenvalue weighted by Gasteiger charge is -2.28. The Labute approximate surface area is 110 Å². The lowest BCUT2D eigenvalue weighted by atomic mass is 9.85. The molecule has 0 aromatic heterocycles. The summed E-state index contributed by atoms with van der Waals surface area (Å²) in [4.78, 5) is 0. The largest absolute Gasteiger partial charge is 0.381 e. The Balaban J connectivity index is 1.97. The number of nitrogens with one attached hydrogen (secondary N) is 1. The second-order valence-corrected chi connectivity index (χ2v) is 5.22. The fourth-order valence-electron chi connectivity index (χ4n) is 2.73. The number of anilines is 1. The van der Waals surface area contributed by atoms with E-state index in [-0.39, 0.29) is 5.92 Å². The summed E-state index contributed by atoms with van der Waals surface area (Å²) >= 11 is 0. The van der Waals surface area contributed by atoms with Crippen molar-refractivity contribution in [3.63, 3.8) is 0 Å². The molecule has 1 saturated carbocycles. The molecule has 1 aromatic rings. The summed E-state index contributed by atoms with van der Waals surface area (Å²) in [5, 5.41) is 12.7. The molecule has 0 amide bonds. The molecule has 96 valence electrons. The summed E-state index contributed by atoms with van der Waals surface area (Å²) in [6.45, 7) is 2.20. The van der Waals surface area contributed by atoms with E-state index in [0.717, 1.165) is 24.9 Å². The summed E-state index contributed by atoms with van der Waals surface area (Å²) in [5.41, 5.74) is 2.55. The second kappa shape index (κ2) is 6.44. The molecule has 0 saturated heterocycles. The van der Waals surface area contributed by atoms with Gasteiger partial charge in [-0.3, -0.25) is 0 Å². The zero-order valence-electron chi connectivity index (χ0n) is 11.2. The molecule has 1 N–H and O–H groups in total. The molecule has 0 spiro atoms. The van der Waals surface area contributed by atoms with E-state index in [9.17, 15) is 0 Å². The Morgan fingerprint density at radius 2 is 1.94 bits per heavy atom. The van der Waals surface area contributed by atoms with Gasteiger partial charge in [-0.15, -0.1) is 0 Å². The van der Waals surface area contributed by atoms with Gasteiger partial charge in [-0.05, 0) is 37.0 Å². The first-order chi connectivity index (χ1) is 8.83. The summed E-state index contributed by atoms with van der Waals surface area (Å²) in [6, 6.07) is 11.5. The topological polar surface area (TPSA) is 35.8 Å². The number of nitriles is 1. The van der Waals surface area contributed by atoms with Crippen LogP contribution in [0.25, 0.3) is 0 Å². The molecule has 18 heavy (non-hydrogen) atoms. The van der Waals surface area contributed by atoms with Crippen LogP contribution in [0.15, 0.2) is 24.3 Å². The Morgan fingerprint density at radius 3 is 2.61 bits per heavy atom. The highest BCUT2D eigenvalue weighted by atomic mass is 14.9. The molecule has 2 heteroatoms. The van der Waals surface area contributed by atoms with Crippen LogP contribution in [-0.4, -0.2) is 6.04 Å². The Hall–Kier alpha value is -1.49. The van der Waals surface area contributed by atoms with Crippen LogP contribution in [0.1, 0.15) is 44.6 Å². The minimum absolute atomic E-state index is 0.175. The van der Waals surface area contributed by atoms with E-state index in [1.165, 1.54) is 24.8 Å². The van der Waals surface area contributed by atoms with Crippen molar-refractivity contribution in [2.24, 2.45) is 5.92 Å². The lowest BCUT2D eigenvalue weighted by Crippen LogP contribution is -2.31. The fourth-order valence-corrected chi connectivity index (χ4v) is 2.73. The minimum Gasteiger partial charge on any atom is -0.381 e. The highest BCUT2D eigenvalue weighted by Gasteiger charge is 2.24. The van der Waals surface area contributed by atoms with Gasteiger partial charge in [-0.1, -0.05) is 38.3 Å². The normalized spacial score (nSPS) is 23.3. The van der Waals surface area contributed by atoms with Gasteiger partial charge in [0.05, 0.1) is 12.0 Å². The third-order valence-electron chi connectivity index (χ3n) is 3.78. The van der Waals surface area contributed by atoms with Gasteiger partial charge in [0.25, 0.3) is 0 Å². The molecule has 0 heterocycles. The van der Waals surface area contributed by atoms with Crippen molar-refractivity contribution in [2.45, 2.75) is 51.5 Å². The van der Waals surface area contributed by atoms with Gasteiger partial charge >= 0.3 is 0 Å². The predicted octanol–water partition coefficient (Wildman–Crippen LogP) is 4.13. The average Bonchev–Trinajstić information content (AvgIpc) is 2.42. The predicted molar refractivity (Wildman–Crippen MR) is 75.4 cm³/mol. The molecular formula is C16H22N2. The van der Waals surface area contributed by atoms with E-state index in [4.69, 9.17) is 5.26 Å². The van der Waals surface area contributed by atoms with Crippen molar-refractivity contribution in [1.29, 1.82) is 5.26 Å². The molecule has 1 aliphatic rings. The molecule has 0 radical (unpaired) electrons. The number of benzene rings is 1. The number of nitrogens with zero attached hydrogens (tertiary/aromatic N) is 1. The van der Waals surface area contributed by atoms with Gasteiger partial charge in [0.2, 0.25) is 0 Å². The van der Waals surface area contributed by atoms with Crippen LogP contribution < -0.4 is 5.32 Å². The Morgan fingerprint density at radius 1 is 1.22 bits per heavy atom. The minimum atomic E-state index is 0.175. The van der Waals surface area contributed by atoms with Crippen molar-refractivity contribution in [1.82, 2.24) is 0 Å².